The molecular formula is C26H43N5O4. The molecule has 2 amide bonds. The first-order valence-corrected chi connectivity index (χ1v) is 12.1. The Kier molecular flexibility index (Phi) is 15.7. The van der Waals surface area contributed by atoms with Gasteiger partial charge in [-0.05, 0) is 58.1 Å². The molecule has 0 saturated carbocycles. The second-order valence-electron chi connectivity index (χ2n) is 8.69. The maximum Gasteiger partial charge on any atom is 0.305 e. The third kappa shape index (κ3) is 13.3. The largest absolute Gasteiger partial charge is 0.466 e. The van der Waals surface area contributed by atoms with E-state index in [1.54, 1.807) is 26.1 Å². The number of carbonyl (C=O) groups excluding carboxylic acids is 3. The van der Waals surface area contributed by atoms with E-state index in [4.69, 9.17) is 15.9 Å². The van der Waals surface area contributed by atoms with E-state index in [9.17, 15) is 14.4 Å². The van der Waals surface area contributed by atoms with E-state index in [1.807, 2.05) is 40.7 Å². The predicted molar refractivity (Wildman–Crippen MR) is 140 cm³/mol. The number of amides is 2. The highest BCUT2D eigenvalue weighted by molar-refractivity contribution is 6.20. The topological polar surface area (TPSA) is 147 Å². The third-order valence-corrected chi connectivity index (χ3v) is 4.99. The van der Waals surface area contributed by atoms with Gasteiger partial charge in [0.1, 0.15) is 11.9 Å². The van der Waals surface area contributed by atoms with Crippen LogP contribution in [0.1, 0.15) is 72.8 Å². The summed E-state index contributed by atoms with van der Waals surface area (Å²) in [4.78, 5) is 40.3. The number of carbonyl (C=O) groups is 3. The van der Waals surface area contributed by atoms with Gasteiger partial charge in [-0.25, -0.2) is 4.98 Å². The molecule has 0 spiro atoms. The van der Waals surface area contributed by atoms with Crippen molar-refractivity contribution in [3.05, 3.63) is 35.0 Å². The molecule has 1 heterocycles. The smallest absolute Gasteiger partial charge is 0.305 e. The molecule has 1 rings (SSSR count). The van der Waals surface area contributed by atoms with Crippen LogP contribution in [0.3, 0.4) is 0 Å². The summed E-state index contributed by atoms with van der Waals surface area (Å²) < 4.78 is 4.84. The Morgan fingerprint density at radius 3 is 2.26 bits per heavy atom. The number of rotatable bonds is 12. The second kappa shape index (κ2) is 17.2. The lowest BCUT2D eigenvalue weighted by Crippen LogP contribution is -2.50. The van der Waals surface area contributed by atoms with Crippen LogP contribution < -0.4 is 16.4 Å². The van der Waals surface area contributed by atoms with Crippen LogP contribution >= 0.6 is 0 Å². The van der Waals surface area contributed by atoms with Gasteiger partial charge < -0.3 is 26.5 Å². The number of pyridine rings is 1. The van der Waals surface area contributed by atoms with E-state index >= 15 is 0 Å². The fraction of sp³-hybridized carbons (Fsp3) is 0.577. The molecule has 1 atom stereocenters. The number of nitrogens with zero attached hydrogens (tertiary/aromatic N) is 1. The number of aryl methyl sites for hydroxylation is 1. The van der Waals surface area contributed by atoms with Crippen molar-refractivity contribution in [2.24, 2.45) is 5.92 Å². The van der Waals surface area contributed by atoms with Crippen LogP contribution in [0, 0.1) is 18.3 Å². The summed E-state index contributed by atoms with van der Waals surface area (Å²) in [6.07, 6.45) is 4.07. The highest BCUT2D eigenvalue weighted by Crippen LogP contribution is 2.13. The van der Waals surface area contributed by atoms with E-state index in [1.165, 1.54) is 0 Å². The molecular weight excluding hydrogens is 446 g/mol. The standard InChI is InChI=1S/C20H35N3O4.C6H8N2/c1-7-10-14(5)17(15(6)21)19(25)23-18(13(3)4)20(26)22-12-9-11-16(24)27-8-2;1-5-2-3-6(7)8-4-5/h13,18,21H,7-12H2,1-6H3,(H,22,26)(H,23,25);2-4H,1H3,(H2,7,8)/b17-14+,21-15?;. The van der Waals surface area contributed by atoms with Crippen molar-refractivity contribution >= 4 is 29.3 Å². The fourth-order valence-electron chi connectivity index (χ4n) is 3.20. The summed E-state index contributed by atoms with van der Waals surface area (Å²) in [7, 11) is 0. The Labute approximate surface area is 209 Å². The molecule has 0 radical (unpaired) electrons. The molecule has 35 heavy (non-hydrogen) atoms. The summed E-state index contributed by atoms with van der Waals surface area (Å²) >= 11 is 0. The SMILES string of the molecule is CCC/C(C)=C(\C(C)=N)C(=O)NC(C(=O)NCCCC(=O)OCC)C(C)C.Cc1ccc(N)nc1. The fourth-order valence-corrected chi connectivity index (χ4v) is 3.20. The van der Waals surface area contributed by atoms with Crippen molar-refractivity contribution in [1.82, 2.24) is 15.6 Å². The number of aromatic nitrogens is 1. The lowest BCUT2D eigenvalue weighted by molar-refractivity contribution is -0.143. The maximum atomic E-state index is 12.7. The molecule has 1 aromatic rings. The molecule has 9 heteroatoms. The molecule has 0 aliphatic carbocycles. The predicted octanol–water partition coefficient (Wildman–Crippen LogP) is 3.72. The Morgan fingerprint density at radius 1 is 1.14 bits per heavy atom. The summed E-state index contributed by atoms with van der Waals surface area (Å²) in [6.45, 7) is 13.5. The molecule has 0 saturated heterocycles. The first-order valence-electron chi connectivity index (χ1n) is 12.1. The number of allylic oxidation sites excluding steroid dienone is 1. The van der Waals surface area contributed by atoms with E-state index in [2.05, 4.69) is 15.6 Å². The minimum Gasteiger partial charge on any atom is -0.466 e. The number of anilines is 1. The zero-order valence-corrected chi connectivity index (χ0v) is 22.3. The Hall–Kier alpha value is -3.23. The van der Waals surface area contributed by atoms with E-state index in [0.717, 1.165) is 24.0 Å². The average Bonchev–Trinajstić information content (AvgIpc) is 2.77. The highest BCUT2D eigenvalue weighted by atomic mass is 16.5. The molecule has 0 aliphatic rings. The van der Waals surface area contributed by atoms with Crippen LogP contribution in [-0.4, -0.2) is 47.7 Å². The van der Waals surface area contributed by atoms with Crippen molar-refractivity contribution in [3.8, 4) is 0 Å². The minimum absolute atomic E-state index is 0.113. The quantitative estimate of drug-likeness (QED) is 0.152. The monoisotopic (exact) mass is 489 g/mol. The van der Waals surface area contributed by atoms with Crippen molar-refractivity contribution < 1.29 is 19.1 Å². The van der Waals surface area contributed by atoms with Gasteiger partial charge in [0.2, 0.25) is 5.91 Å². The van der Waals surface area contributed by atoms with Crippen LogP contribution in [0.4, 0.5) is 5.82 Å². The van der Waals surface area contributed by atoms with Crippen molar-refractivity contribution in [1.29, 1.82) is 5.41 Å². The van der Waals surface area contributed by atoms with Crippen LogP contribution in [0.2, 0.25) is 0 Å². The number of hydrogen-bond acceptors (Lipinski definition) is 7. The molecule has 0 fully saturated rings. The van der Waals surface area contributed by atoms with Gasteiger partial charge in [0.25, 0.3) is 5.91 Å². The van der Waals surface area contributed by atoms with E-state index in [-0.39, 0.29) is 29.9 Å². The number of nitrogens with two attached hydrogens (primary N) is 1. The maximum absolute atomic E-state index is 12.7. The molecule has 0 aromatic carbocycles. The van der Waals surface area contributed by atoms with Gasteiger partial charge in [-0.3, -0.25) is 14.4 Å². The van der Waals surface area contributed by atoms with Crippen LogP contribution in [0.5, 0.6) is 0 Å². The molecule has 1 unspecified atom stereocenters. The van der Waals surface area contributed by atoms with E-state index in [0.29, 0.717) is 31.0 Å². The number of esters is 1. The molecule has 9 nitrogen and oxygen atoms in total. The molecule has 1 aromatic heterocycles. The number of ether oxygens (including phenoxy) is 1. The Morgan fingerprint density at radius 2 is 1.80 bits per heavy atom. The summed E-state index contributed by atoms with van der Waals surface area (Å²) in [6, 6.07) is 3.02. The molecule has 196 valence electrons. The van der Waals surface area contributed by atoms with Crippen LogP contribution in [0.15, 0.2) is 29.5 Å². The van der Waals surface area contributed by atoms with Gasteiger partial charge in [0.15, 0.2) is 0 Å². The lowest BCUT2D eigenvalue weighted by atomic mass is 9.98. The molecule has 0 bridgehead atoms. The number of nitrogen functional groups attached to an aromatic ring is 1. The Bertz CT molecular complexity index is 842. The van der Waals surface area contributed by atoms with Gasteiger partial charge >= 0.3 is 5.97 Å². The van der Waals surface area contributed by atoms with Gasteiger partial charge in [0.05, 0.1) is 12.2 Å². The van der Waals surface area contributed by atoms with Gasteiger partial charge in [0, 0.05) is 24.9 Å². The zero-order chi connectivity index (χ0) is 27.0. The number of hydrogen-bond donors (Lipinski definition) is 4. The van der Waals surface area contributed by atoms with Gasteiger partial charge in [-0.1, -0.05) is 38.8 Å². The average molecular weight is 490 g/mol. The summed E-state index contributed by atoms with van der Waals surface area (Å²) in [5.74, 6) is -0.511. The first-order chi connectivity index (χ1) is 16.4. The summed E-state index contributed by atoms with van der Waals surface area (Å²) in [5.41, 5.74) is 7.84. The normalized spacial score (nSPS) is 12.0. The van der Waals surface area contributed by atoms with Crippen molar-refractivity contribution in [2.45, 2.75) is 80.2 Å². The molecule has 0 aliphatic heterocycles. The van der Waals surface area contributed by atoms with Crippen LogP contribution in [-0.2, 0) is 19.1 Å². The van der Waals surface area contributed by atoms with Gasteiger partial charge in [-0.2, -0.15) is 0 Å². The van der Waals surface area contributed by atoms with E-state index < -0.39 is 11.9 Å². The first kappa shape index (κ1) is 31.8. The third-order valence-electron chi connectivity index (χ3n) is 4.99. The van der Waals surface area contributed by atoms with Gasteiger partial charge in [-0.15, -0.1) is 0 Å². The van der Waals surface area contributed by atoms with Crippen LogP contribution in [0.25, 0.3) is 0 Å². The second-order valence-corrected chi connectivity index (χ2v) is 8.69. The lowest BCUT2D eigenvalue weighted by Gasteiger charge is -2.23. The zero-order valence-electron chi connectivity index (χ0n) is 22.3. The Balaban J connectivity index is 0.00000121. The van der Waals surface area contributed by atoms with Crippen molar-refractivity contribution in [3.63, 3.8) is 0 Å². The minimum atomic E-state index is -0.705. The molecule has 5 N–H and O–H groups in total. The summed E-state index contributed by atoms with van der Waals surface area (Å²) in [5, 5.41) is 13.4. The van der Waals surface area contributed by atoms with Crippen molar-refractivity contribution in [2.75, 3.05) is 18.9 Å². The number of nitrogens with one attached hydrogen (secondary N) is 3. The highest BCUT2D eigenvalue weighted by Gasteiger charge is 2.26.